The number of allylic oxidation sites excluding steroid dienone is 1. The summed E-state index contributed by atoms with van der Waals surface area (Å²) in [6, 6.07) is 0.278. The van der Waals surface area contributed by atoms with Crippen LogP contribution in [0.1, 0.15) is 33.1 Å². The zero-order valence-electron chi connectivity index (χ0n) is 7.64. The third kappa shape index (κ3) is 4.85. The molecule has 0 saturated heterocycles. The lowest BCUT2D eigenvalue weighted by atomic mass is 9.96. The zero-order chi connectivity index (χ0) is 8.85. The van der Waals surface area contributed by atoms with Crippen LogP contribution in [0, 0.1) is 5.92 Å². The van der Waals surface area contributed by atoms with Crippen molar-refractivity contribution in [3.63, 3.8) is 0 Å². The fourth-order valence-electron chi connectivity index (χ4n) is 0.939. The van der Waals surface area contributed by atoms with Crippen molar-refractivity contribution in [3.8, 4) is 0 Å². The van der Waals surface area contributed by atoms with Crippen molar-refractivity contribution in [1.29, 1.82) is 0 Å². The molecule has 0 aromatic carbocycles. The minimum absolute atomic E-state index is 0.278. The van der Waals surface area contributed by atoms with E-state index in [4.69, 9.17) is 11.5 Å². The van der Waals surface area contributed by atoms with Gasteiger partial charge in [-0.05, 0) is 18.8 Å². The summed E-state index contributed by atoms with van der Waals surface area (Å²) in [6.45, 7) is 7.96. The van der Waals surface area contributed by atoms with Gasteiger partial charge in [0.25, 0.3) is 0 Å². The van der Waals surface area contributed by atoms with Gasteiger partial charge in [-0.3, -0.25) is 0 Å². The van der Waals surface area contributed by atoms with Gasteiger partial charge >= 0.3 is 0 Å². The van der Waals surface area contributed by atoms with Crippen LogP contribution in [0.2, 0.25) is 0 Å². The average Bonchev–Trinajstić information content (AvgIpc) is 1.98. The van der Waals surface area contributed by atoms with Crippen molar-refractivity contribution >= 4 is 0 Å². The Morgan fingerprint density at radius 2 is 2.09 bits per heavy atom. The summed E-state index contributed by atoms with van der Waals surface area (Å²) >= 11 is 0. The molecule has 1 unspecified atom stereocenters. The van der Waals surface area contributed by atoms with Crippen LogP contribution in [-0.2, 0) is 0 Å². The third-order valence-electron chi connectivity index (χ3n) is 2.17. The molecule has 66 valence electrons. The van der Waals surface area contributed by atoms with E-state index in [1.54, 1.807) is 0 Å². The molecule has 0 aromatic heterocycles. The molecule has 0 aliphatic carbocycles. The van der Waals surface area contributed by atoms with Crippen molar-refractivity contribution in [2.24, 2.45) is 17.4 Å². The number of nitrogens with two attached hydrogens (primary N) is 2. The Morgan fingerprint density at radius 3 is 2.45 bits per heavy atom. The first-order valence-electron chi connectivity index (χ1n) is 4.26. The van der Waals surface area contributed by atoms with E-state index in [9.17, 15) is 0 Å². The minimum Gasteiger partial charge on any atom is -0.403 e. The second-order valence-corrected chi connectivity index (χ2v) is 3.25. The summed E-state index contributed by atoms with van der Waals surface area (Å²) in [5.41, 5.74) is 12.1. The first-order chi connectivity index (χ1) is 5.07. The maximum atomic E-state index is 5.88. The number of rotatable bonds is 5. The normalized spacial score (nSPS) is 15.9. The first-order valence-corrected chi connectivity index (χ1v) is 4.26. The summed E-state index contributed by atoms with van der Waals surface area (Å²) < 4.78 is 0. The van der Waals surface area contributed by atoms with E-state index in [2.05, 4.69) is 20.4 Å². The van der Waals surface area contributed by atoms with Gasteiger partial charge in [-0.15, -0.1) is 0 Å². The standard InChI is InChI=1S/C9H20N2/c1-4-7(2)9(11)6-5-8(3)10/h7,9H,3-6,10-11H2,1-2H3/t7-,9?/m0/s1. The predicted molar refractivity (Wildman–Crippen MR) is 50.0 cm³/mol. The quantitative estimate of drug-likeness (QED) is 0.635. The molecule has 0 heterocycles. The summed E-state index contributed by atoms with van der Waals surface area (Å²) in [5, 5.41) is 0. The number of hydrogen-bond acceptors (Lipinski definition) is 2. The van der Waals surface area contributed by atoms with E-state index in [1.807, 2.05) is 0 Å². The van der Waals surface area contributed by atoms with Gasteiger partial charge in [-0.25, -0.2) is 0 Å². The predicted octanol–water partition coefficient (Wildman–Crippen LogP) is 1.61. The second kappa shape index (κ2) is 5.19. The molecule has 0 spiro atoms. The van der Waals surface area contributed by atoms with E-state index in [0.29, 0.717) is 5.92 Å². The molecule has 0 amide bonds. The van der Waals surface area contributed by atoms with Gasteiger partial charge < -0.3 is 11.5 Å². The van der Waals surface area contributed by atoms with Crippen LogP contribution in [0.5, 0.6) is 0 Å². The van der Waals surface area contributed by atoms with Gasteiger partial charge in [-0.2, -0.15) is 0 Å². The Bertz CT molecular complexity index is 121. The van der Waals surface area contributed by atoms with E-state index < -0.39 is 0 Å². The summed E-state index contributed by atoms with van der Waals surface area (Å²) in [4.78, 5) is 0. The SMILES string of the molecule is C=C(N)CCC(N)[C@@H](C)CC. The molecule has 0 aromatic rings. The van der Waals surface area contributed by atoms with Crippen LogP contribution < -0.4 is 11.5 Å². The van der Waals surface area contributed by atoms with E-state index in [1.165, 1.54) is 0 Å². The lowest BCUT2D eigenvalue weighted by Gasteiger charge is -2.17. The molecule has 2 nitrogen and oxygen atoms in total. The maximum Gasteiger partial charge on any atom is 0.00681 e. The van der Waals surface area contributed by atoms with Gasteiger partial charge in [-0.1, -0.05) is 26.8 Å². The first kappa shape index (κ1) is 10.5. The van der Waals surface area contributed by atoms with E-state index >= 15 is 0 Å². The molecule has 0 radical (unpaired) electrons. The van der Waals surface area contributed by atoms with Gasteiger partial charge in [0.2, 0.25) is 0 Å². The van der Waals surface area contributed by atoms with Gasteiger partial charge in [0.1, 0.15) is 0 Å². The minimum atomic E-state index is 0.278. The third-order valence-corrected chi connectivity index (χ3v) is 2.17. The molecule has 2 atom stereocenters. The monoisotopic (exact) mass is 156 g/mol. The van der Waals surface area contributed by atoms with Crippen LogP contribution in [0.15, 0.2) is 12.3 Å². The van der Waals surface area contributed by atoms with Crippen LogP contribution in [0.3, 0.4) is 0 Å². The van der Waals surface area contributed by atoms with Gasteiger partial charge in [0, 0.05) is 11.7 Å². The maximum absolute atomic E-state index is 5.88. The molecule has 0 rings (SSSR count). The topological polar surface area (TPSA) is 52.0 Å². The summed E-state index contributed by atoms with van der Waals surface area (Å²) in [5.74, 6) is 0.592. The van der Waals surface area contributed by atoms with Crippen molar-refractivity contribution in [2.75, 3.05) is 0 Å². The molecular weight excluding hydrogens is 136 g/mol. The highest BCUT2D eigenvalue weighted by Gasteiger charge is 2.09. The second-order valence-electron chi connectivity index (χ2n) is 3.25. The van der Waals surface area contributed by atoms with E-state index in [-0.39, 0.29) is 6.04 Å². The fourth-order valence-corrected chi connectivity index (χ4v) is 0.939. The molecule has 4 N–H and O–H groups in total. The summed E-state index contributed by atoms with van der Waals surface area (Å²) in [7, 11) is 0. The lowest BCUT2D eigenvalue weighted by Crippen LogP contribution is -2.28. The molecule has 0 aliphatic heterocycles. The largest absolute Gasteiger partial charge is 0.403 e. The smallest absolute Gasteiger partial charge is 0.00681 e. The fraction of sp³-hybridized carbons (Fsp3) is 0.778. The molecule has 0 fully saturated rings. The van der Waals surface area contributed by atoms with Crippen LogP contribution in [0.4, 0.5) is 0 Å². The van der Waals surface area contributed by atoms with Crippen molar-refractivity contribution in [3.05, 3.63) is 12.3 Å². The zero-order valence-corrected chi connectivity index (χ0v) is 7.64. The molecule has 2 heteroatoms. The van der Waals surface area contributed by atoms with Crippen LogP contribution >= 0.6 is 0 Å². The lowest BCUT2D eigenvalue weighted by molar-refractivity contribution is 0.419. The number of hydrogen-bond donors (Lipinski definition) is 2. The Hall–Kier alpha value is -0.500. The van der Waals surface area contributed by atoms with Crippen LogP contribution in [-0.4, -0.2) is 6.04 Å². The Morgan fingerprint density at radius 1 is 1.55 bits per heavy atom. The summed E-state index contributed by atoms with van der Waals surface area (Å²) in [6.07, 6.45) is 2.95. The van der Waals surface area contributed by atoms with E-state index in [0.717, 1.165) is 25.0 Å². The van der Waals surface area contributed by atoms with Crippen LogP contribution in [0.25, 0.3) is 0 Å². The molecule has 0 bridgehead atoms. The highest BCUT2D eigenvalue weighted by molar-refractivity contribution is 4.87. The Kier molecular flexibility index (Phi) is 4.95. The molecule has 0 aliphatic rings. The van der Waals surface area contributed by atoms with Crippen molar-refractivity contribution < 1.29 is 0 Å². The Labute approximate surface area is 69.6 Å². The highest BCUT2D eigenvalue weighted by atomic mass is 14.6. The highest BCUT2D eigenvalue weighted by Crippen LogP contribution is 2.11. The Balaban J connectivity index is 3.51. The molecular formula is C9H20N2. The molecule has 11 heavy (non-hydrogen) atoms. The van der Waals surface area contributed by atoms with Crippen molar-refractivity contribution in [1.82, 2.24) is 0 Å². The molecule has 0 saturated carbocycles. The van der Waals surface area contributed by atoms with Gasteiger partial charge in [0.05, 0.1) is 0 Å². The average molecular weight is 156 g/mol. The van der Waals surface area contributed by atoms with Gasteiger partial charge in [0.15, 0.2) is 0 Å². The van der Waals surface area contributed by atoms with Crippen molar-refractivity contribution in [2.45, 2.75) is 39.2 Å².